The molecule has 0 amide bonds. The first-order valence-corrected chi connectivity index (χ1v) is 5.43. The molecule has 7 heteroatoms. The van der Waals surface area contributed by atoms with Crippen LogP contribution < -0.4 is 0 Å². The molecule has 0 saturated carbocycles. The lowest BCUT2D eigenvalue weighted by Crippen LogP contribution is -2.01. The minimum Gasteiger partial charge on any atom is -0.476 e. The number of rotatable bonds is 3. The highest BCUT2D eigenvalue weighted by molar-refractivity contribution is 7.99. The van der Waals surface area contributed by atoms with Crippen LogP contribution in [0, 0.1) is 0 Å². The smallest absolute Gasteiger partial charge is 0.356 e. The van der Waals surface area contributed by atoms with E-state index in [1.807, 2.05) is 0 Å². The van der Waals surface area contributed by atoms with Gasteiger partial charge in [0.15, 0.2) is 10.9 Å². The van der Waals surface area contributed by atoms with Gasteiger partial charge in [-0.05, 0) is 23.9 Å². The number of aromatic amines is 1. The SMILES string of the molecule is O=C(O)c1nc(Sc2ncc[nH]2)ccc1Cl. The molecular weight excluding hydrogens is 250 g/mol. The maximum atomic E-state index is 10.8. The van der Waals surface area contributed by atoms with Crippen molar-refractivity contribution in [3.8, 4) is 0 Å². The van der Waals surface area contributed by atoms with Gasteiger partial charge in [0.2, 0.25) is 0 Å². The third-order valence-corrected chi connectivity index (χ3v) is 2.86. The number of aromatic carboxylic acids is 1. The summed E-state index contributed by atoms with van der Waals surface area (Å²) >= 11 is 6.93. The number of carbonyl (C=O) groups is 1. The van der Waals surface area contributed by atoms with Crippen LogP contribution in [0.5, 0.6) is 0 Å². The first-order chi connectivity index (χ1) is 7.66. The average molecular weight is 256 g/mol. The van der Waals surface area contributed by atoms with E-state index in [0.29, 0.717) is 10.2 Å². The van der Waals surface area contributed by atoms with E-state index >= 15 is 0 Å². The number of pyridine rings is 1. The van der Waals surface area contributed by atoms with Gasteiger partial charge in [-0.2, -0.15) is 0 Å². The summed E-state index contributed by atoms with van der Waals surface area (Å²) in [6.45, 7) is 0. The van der Waals surface area contributed by atoms with Gasteiger partial charge in [0, 0.05) is 12.4 Å². The van der Waals surface area contributed by atoms with E-state index in [2.05, 4.69) is 15.0 Å². The van der Waals surface area contributed by atoms with Crippen LogP contribution in [0.15, 0.2) is 34.7 Å². The second-order valence-electron chi connectivity index (χ2n) is 2.78. The van der Waals surface area contributed by atoms with Crippen LogP contribution in [0.1, 0.15) is 10.5 Å². The predicted molar refractivity (Wildman–Crippen MR) is 58.9 cm³/mol. The van der Waals surface area contributed by atoms with Gasteiger partial charge in [-0.3, -0.25) is 0 Å². The molecule has 2 rings (SSSR count). The third-order valence-electron chi connectivity index (χ3n) is 1.70. The molecule has 0 aromatic carbocycles. The van der Waals surface area contributed by atoms with E-state index < -0.39 is 5.97 Å². The fourth-order valence-electron chi connectivity index (χ4n) is 1.04. The Morgan fingerprint density at radius 1 is 1.50 bits per heavy atom. The van der Waals surface area contributed by atoms with Crippen molar-refractivity contribution < 1.29 is 9.90 Å². The number of hydrogen-bond donors (Lipinski definition) is 2. The Bertz CT molecular complexity index is 515. The fraction of sp³-hybridized carbons (Fsp3) is 0. The molecule has 2 aromatic rings. The van der Waals surface area contributed by atoms with Crippen molar-refractivity contribution in [2.75, 3.05) is 0 Å². The monoisotopic (exact) mass is 255 g/mol. The van der Waals surface area contributed by atoms with Crippen LogP contribution in [0.3, 0.4) is 0 Å². The Balaban J connectivity index is 2.29. The molecule has 0 aliphatic rings. The van der Waals surface area contributed by atoms with Gasteiger partial charge in [0.25, 0.3) is 0 Å². The van der Waals surface area contributed by atoms with Gasteiger partial charge in [-0.1, -0.05) is 11.6 Å². The normalized spacial score (nSPS) is 10.3. The maximum Gasteiger partial charge on any atom is 0.356 e. The van der Waals surface area contributed by atoms with Crippen LogP contribution in [-0.2, 0) is 0 Å². The summed E-state index contributed by atoms with van der Waals surface area (Å²) in [6, 6.07) is 3.14. The maximum absolute atomic E-state index is 10.8. The van der Waals surface area contributed by atoms with Gasteiger partial charge < -0.3 is 10.1 Å². The van der Waals surface area contributed by atoms with E-state index in [-0.39, 0.29) is 10.7 Å². The molecule has 0 atom stereocenters. The highest BCUT2D eigenvalue weighted by Crippen LogP contribution is 2.25. The molecule has 0 unspecified atom stereocenters. The zero-order chi connectivity index (χ0) is 11.5. The van der Waals surface area contributed by atoms with Gasteiger partial charge in [0.1, 0.15) is 5.03 Å². The Hall–Kier alpha value is -1.53. The first-order valence-electron chi connectivity index (χ1n) is 4.24. The van der Waals surface area contributed by atoms with Crippen molar-refractivity contribution in [1.29, 1.82) is 0 Å². The van der Waals surface area contributed by atoms with Crippen molar-refractivity contribution in [3.63, 3.8) is 0 Å². The molecule has 2 N–H and O–H groups in total. The van der Waals surface area contributed by atoms with E-state index in [1.165, 1.54) is 17.8 Å². The molecular formula is C9H6ClN3O2S. The summed E-state index contributed by atoms with van der Waals surface area (Å²) in [5, 5.41) is 10.1. The number of aromatic nitrogens is 3. The molecule has 2 heterocycles. The first kappa shape index (κ1) is 11.0. The molecule has 0 bridgehead atoms. The Kier molecular flexibility index (Phi) is 3.12. The van der Waals surface area contributed by atoms with Gasteiger partial charge in [0.05, 0.1) is 5.02 Å². The Labute approximate surface area is 99.9 Å². The summed E-state index contributed by atoms with van der Waals surface area (Å²) in [5.41, 5.74) is -0.154. The number of carboxylic acid groups (broad SMARTS) is 1. The van der Waals surface area contributed by atoms with Gasteiger partial charge in [-0.15, -0.1) is 0 Å². The fourth-order valence-corrected chi connectivity index (χ4v) is 1.93. The molecule has 5 nitrogen and oxygen atoms in total. The molecule has 16 heavy (non-hydrogen) atoms. The minimum atomic E-state index is -1.15. The summed E-state index contributed by atoms with van der Waals surface area (Å²) in [5.74, 6) is -1.15. The van der Waals surface area contributed by atoms with E-state index in [1.54, 1.807) is 18.5 Å². The summed E-state index contributed by atoms with van der Waals surface area (Å²) < 4.78 is 0. The molecule has 0 aliphatic heterocycles. The zero-order valence-electron chi connectivity index (χ0n) is 7.85. The lowest BCUT2D eigenvalue weighted by Gasteiger charge is -2.01. The molecule has 0 aliphatic carbocycles. The second-order valence-corrected chi connectivity index (χ2v) is 4.20. The number of carboxylic acids is 1. The Morgan fingerprint density at radius 3 is 2.94 bits per heavy atom. The number of H-pyrrole nitrogens is 1. The lowest BCUT2D eigenvalue weighted by molar-refractivity contribution is 0.0690. The largest absolute Gasteiger partial charge is 0.476 e. The Morgan fingerprint density at radius 2 is 2.31 bits per heavy atom. The quantitative estimate of drug-likeness (QED) is 0.880. The van der Waals surface area contributed by atoms with Crippen molar-refractivity contribution in [3.05, 3.63) is 35.2 Å². The molecule has 0 spiro atoms. The highest BCUT2D eigenvalue weighted by Gasteiger charge is 2.12. The van der Waals surface area contributed by atoms with Crippen LogP contribution in [0.4, 0.5) is 0 Å². The van der Waals surface area contributed by atoms with E-state index in [0.717, 1.165) is 0 Å². The summed E-state index contributed by atoms with van der Waals surface area (Å²) in [6.07, 6.45) is 3.28. The van der Waals surface area contributed by atoms with Crippen LogP contribution in [-0.4, -0.2) is 26.0 Å². The topological polar surface area (TPSA) is 78.9 Å². The van der Waals surface area contributed by atoms with E-state index in [4.69, 9.17) is 16.7 Å². The van der Waals surface area contributed by atoms with Crippen molar-refractivity contribution >= 4 is 29.3 Å². The van der Waals surface area contributed by atoms with Crippen LogP contribution >= 0.6 is 23.4 Å². The molecule has 0 radical (unpaired) electrons. The standard InChI is InChI=1S/C9H6ClN3O2S/c10-5-1-2-6(13-7(5)8(14)15)16-9-11-3-4-12-9/h1-4H,(H,11,12)(H,14,15). The van der Waals surface area contributed by atoms with Crippen molar-refractivity contribution in [2.45, 2.75) is 10.2 Å². The summed E-state index contributed by atoms with van der Waals surface area (Å²) in [4.78, 5) is 21.6. The van der Waals surface area contributed by atoms with Crippen LogP contribution in [0.2, 0.25) is 5.02 Å². The molecule has 0 saturated heterocycles. The molecule has 82 valence electrons. The minimum absolute atomic E-state index is 0.122. The highest BCUT2D eigenvalue weighted by atomic mass is 35.5. The lowest BCUT2D eigenvalue weighted by atomic mass is 10.3. The number of halogens is 1. The number of nitrogens with one attached hydrogen (secondary N) is 1. The number of nitrogens with zero attached hydrogens (tertiary/aromatic N) is 2. The number of imidazole rings is 1. The molecule has 2 aromatic heterocycles. The van der Waals surface area contributed by atoms with Crippen molar-refractivity contribution in [1.82, 2.24) is 15.0 Å². The third kappa shape index (κ3) is 2.34. The average Bonchev–Trinajstić information content (AvgIpc) is 2.73. The van der Waals surface area contributed by atoms with Crippen molar-refractivity contribution in [2.24, 2.45) is 0 Å². The zero-order valence-corrected chi connectivity index (χ0v) is 9.42. The summed E-state index contributed by atoms with van der Waals surface area (Å²) in [7, 11) is 0. The van der Waals surface area contributed by atoms with Gasteiger partial charge in [-0.25, -0.2) is 14.8 Å². The predicted octanol–water partition coefficient (Wildman–Crippen LogP) is 2.31. The molecule has 0 fully saturated rings. The second kappa shape index (κ2) is 4.54. The van der Waals surface area contributed by atoms with Crippen LogP contribution in [0.25, 0.3) is 0 Å². The van der Waals surface area contributed by atoms with E-state index in [9.17, 15) is 4.79 Å². The van der Waals surface area contributed by atoms with Gasteiger partial charge >= 0.3 is 5.97 Å². The number of hydrogen-bond acceptors (Lipinski definition) is 4.